The highest BCUT2D eigenvalue weighted by Gasteiger charge is 2.31. The second kappa shape index (κ2) is 10.7. The van der Waals surface area contributed by atoms with Crippen molar-refractivity contribution in [2.75, 3.05) is 45.2 Å². The second-order valence-electron chi connectivity index (χ2n) is 6.70. The summed E-state index contributed by atoms with van der Waals surface area (Å²) in [4.78, 5) is 18.8. The van der Waals surface area contributed by atoms with E-state index in [1.54, 1.807) is 7.05 Å². The number of likely N-dealkylation sites (N-methyl/N-ethyl adjacent to an activating group) is 1. The summed E-state index contributed by atoms with van der Waals surface area (Å²) in [5, 5.41) is 6.01. The van der Waals surface area contributed by atoms with Gasteiger partial charge in [-0.25, -0.2) is 0 Å². The van der Waals surface area contributed by atoms with Crippen LogP contribution in [0.5, 0.6) is 0 Å². The number of alkyl halides is 3. The molecule has 1 atom stereocenters. The first kappa shape index (κ1) is 24.3. The van der Waals surface area contributed by atoms with Crippen LogP contribution in [0.25, 0.3) is 0 Å². The van der Waals surface area contributed by atoms with E-state index < -0.39 is 18.6 Å². The molecule has 6 nitrogen and oxygen atoms in total. The Morgan fingerprint density at radius 3 is 2.54 bits per heavy atom. The zero-order chi connectivity index (χ0) is 20.0. The number of guanidine groups is 1. The first-order valence-corrected chi connectivity index (χ1v) is 8.77. The Hall–Kier alpha value is -1.72. The Morgan fingerprint density at radius 1 is 1.32 bits per heavy atom. The van der Waals surface area contributed by atoms with Crippen LogP contribution in [-0.2, 0) is 4.79 Å². The number of rotatable bonds is 5. The lowest BCUT2D eigenvalue weighted by atomic mass is 10.2. The fourth-order valence-electron chi connectivity index (χ4n) is 2.91. The molecule has 1 fully saturated rings. The summed E-state index contributed by atoms with van der Waals surface area (Å²) in [5.41, 5.74) is 2.36. The number of nitrogens with zero attached hydrogens (tertiary/aromatic N) is 3. The highest BCUT2D eigenvalue weighted by Crippen LogP contribution is 2.20. The quantitative estimate of drug-likeness (QED) is 0.361. The average molecular weight is 513 g/mol. The average Bonchev–Trinajstić information content (AvgIpc) is 3.05. The molecule has 158 valence electrons. The minimum Gasteiger partial charge on any atom is -0.369 e. The maximum atomic E-state index is 12.3. The molecular weight excluding hydrogens is 486 g/mol. The van der Waals surface area contributed by atoms with Crippen LogP contribution in [0, 0.1) is 6.92 Å². The van der Waals surface area contributed by atoms with Gasteiger partial charge in [0.2, 0.25) is 5.91 Å². The van der Waals surface area contributed by atoms with Crippen LogP contribution in [0.4, 0.5) is 18.9 Å². The van der Waals surface area contributed by atoms with Crippen molar-refractivity contribution in [2.45, 2.75) is 25.6 Å². The largest absolute Gasteiger partial charge is 0.406 e. The van der Waals surface area contributed by atoms with Crippen molar-refractivity contribution in [3.05, 3.63) is 29.8 Å². The van der Waals surface area contributed by atoms with Crippen LogP contribution in [0.1, 0.15) is 12.0 Å². The second-order valence-corrected chi connectivity index (χ2v) is 6.70. The highest BCUT2D eigenvalue weighted by atomic mass is 127. The highest BCUT2D eigenvalue weighted by molar-refractivity contribution is 14.0. The number of carbonyl (C=O) groups excluding carboxylic acids is 1. The molecule has 1 unspecified atom stereocenters. The molecule has 0 radical (unpaired) electrons. The summed E-state index contributed by atoms with van der Waals surface area (Å²) in [6.07, 6.45) is -3.51. The van der Waals surface area contributed by atoms with E-state index in [1.807, 2.05) is 6.92 Å². The van der Waals surface area contributed by atoms with Gasteiger partial charge in [-0.2, -0.15) is 13.2 Å². The van der Waals surface area contributed by atoms with E-state index in [-0.39, 0.29) is 36.6 Å². The molecule has 1 amide bonds. The fraction of sp³-hybridized carbons (Fsp3) is 0.556. The van der Waals surface area contributed by atoms with Gasteiger partial charge < -0.3 is 20.4 Å². The van der Waals surface area contributed by atoms with Crippen LogP contribution < -0.4 is 15.5 Å². The number of carbonyl (C=O) groups is 1. The molecule has 10 heteroatoms. The van der Waals surface area contributed by atoms with Crippen molar-refractivity contribution in [2.24, 2.45) is 4.99 Å². The summed E-state index contributed by atoms with van der Waals surface area (Å²) < 4.78 is 37.0. The molecule has 1 saturated heterocycles. The maximum absolute atomic E-state index is 12.3. The van der Waals surface area contributed by atoms with Crippen molar-refractivity contribution in [3.63, 3.8) is 0 Å². The van der Waals surface area contributed by atoms with Gasteiger partial charge in [0.1, 0.15) is 6.54 Å². The zero-order valence-electron chi connectivity index (χ0n) is 16.2. The lowest BCUT2D eigenvalue weighted by Crippen LogP contribution is -2.48. The van der Waals surface area contributed by atoms with Crippen LogP contribution in [0.2, 0.25) is 0 Å². The molecule has 0 bridgehead atoms. The Bertz CT molecular complexity index is 666. The minimum absolute atomic E-state index is 0. The van der Waals surface area contributed by atoms with E-state index in [1.165, 1.54) is 5.56 Å². The maximum Gasteiger partial charge on any atom is 0.406 e. The third-order valence-corrected chi connectivity index (χ3v) is 4.40. The standard InChI is InChI=1S/C18H26F3N5O.HI/c1-13-4-6-15(7-5-13)26-9-8-14(11-26)24-17(22-2)23-10-16(27)25(3)12-18(19,20)21;/h4-7,14H,8-12H2,1-3H3,(H2,22,23,24);1H. The Morgan fingerprint density at radius 2 is 1.96 bits per heavy atom. The van der Waals surface area contributed by atoms with Crippen molar-refractivity contribution in [1.82, 2.24) is 15.5 Å². The number of nitrogens with one attached hydrogen (secondary N) is 2. The number of halogens is 4. The molecule has 1 heterocycles. The van der Waals surface area contributed by atoms with E-state index in [4.69, 9.17) is 0 Å². The minimum atomic E-state index is -4.41. The summed E-state index contributed by atoms with van der Waals surface area (Å²) >= 11 is 0. The lowest BCUT2D eigenvalue weighted by Gasteiger charge is -2.22. The molecule has 1 aromatic rings. The molecule has 1 aliphatic heterocycles. The van der Waals surface area contributed by atoms with Crippen LogP contribution in [0.15, 0.2) is 29.3 Å². The number of benzene rings is 1. The Kier molecular flexibility index (Phi) is 9.31. The first-order valence-electron chi connectivity index (χ1n) is 8.77. The first-order chi connectivity index (χ1) is 12.7. The molecule has 28 heavy (non-hydrogen) atoms. The third kappa shape index (κ3) is 7.72. The van der Waals surface area contributed by atoms with Crippen molar-refractivity contribution < 1.29 is 18.0 Å². The van der Waals surface area contributed by atoms with Gasteiger partial charge in [0, 0.05) is 38.9 Å². The van der Waals surface area contributed by atoms with Crippen molar-refractivity contribution in [1.29, 1.82) is 0 Å². The normalized spacial score (nSPS) is 17.1. The molecule has 0 aliphatic carbocycles. The summed E-state index contributed by atoms with van der Waals surface area (Å²) in [6.45, 7) is 2.20. The molecule has 0 saturated carbocycles. The van der Waals surface area contributed by atoms with Crippen molar-refractivity contribution >= 4 is 41.5 Å². The molecule has 1 aromatic carbocycles. The van der Waals surface area contributed by atoms with Crippen molar-refractivity contribution in [3.8, 4) is 0 Å². The zero-order valence-corrected chi connectivity index (χ0v) is 18.5. The number of hydrogen-bond donors (Lipinski definition) is 2. The monoisotopic (exact) mass is 513 g/mol. The van der Waals surface area contributed by atoms with E-state index in [0.29, 0.717) is 10.9 Å². The van der Waals surface area contributed by atoms with Crippen LogP contribution in [-0.4, -0.2) is 69.3 Å². The number of hydrogen-bond acceptors (Lipinski definition) is 3. The summed E-state index contributed by atoms with van der Waals surface area (Å²) in [6, 6.07) is 8.44. The predicted octanol–water partition coefficient (Wildman–Crippen LogP) is 2.38. The van der Waals surface area contributed by atoms with Gasteiger partial charge in [0.25, 0.3) is 0 Å². The molecule has 1 aliphatic rings. The number of aliphatic imine (C=N–C) groups is 1. The SMILES string of the molecule is CN=C(NCC(=O)N(C)CC(F)(F)F)NC1CCN(c2ccc(C)cc2)C1.I. The number of amides is 1. The molecule has 0 spiro atoms. The predicted molar refractivity (Wildman–Crippen MR) is 115 cm³/mol. The van der Waals surface area contributed by atoms with Gasteiger partial charge in [-0.3, -0.25) is 9.79 Å². The molecular formula is C18H27F3IN5O. The van der Waals surface area contributed by atoms with Gasteiger partial charge in [-0.15, -0.1) is 24.0 Å². The number of aryl methyl sites for hydroxylation is 1. The molecule has 2 rings (SSSR count). The van der Waals surface area contributed by atoms with E-state index in [2.05, 4.69) is 44.8 Å². The number of anilines is 1. The fourth-order valence-corrected chi connectivity index (χ4v) is 2.91. The van der Waals surface area contributed by atoms with Gasteiger partial charge in [0.15, 0.2) is 5.96 Å². The van der Waals surface area contributed by atoms with Crippen LogP contribution in [0.3, 0.4) is 0 Å². The van der Waals surface area contributed by atoms with Gasteiger partial charge in [0.05, 0.1) is 6.54 Å². The molecule has 2 N–H and O–H groups in total. The smallest absolute Gasteiger partial charge is 0.369 e. The summed E-state index contributed by atoms with van der Waals surface area (Å²) in [7, 11) is 2.69. The van der Waals surface area contributed by atoms with E-state index in [9.17, 15) is 18.0 Å². The van der Waals surface area contributed by atoms with E-state index in [0.717, 1.165) is 32.2 Å². The topological polar surface area (TPSA) is 60.0 Å². The van der Waals surface area contributed by atoms with E-state index >= 15 is 0 Å². The Labute approximate surface area is 180 Å². The van der Waals surface area contributed by atoms with Gasteiger partial charge in [-0.05, 0) is 25.5 Å². The van der Waals surface area contributed by atoms with Gasteiger partial charge in [-0.1, -0.05) is 17.7 Å². The third-order valence-electron chi connectivity index (χ3n) is 4.40. The Balaban J connectivity index is 0.00000392. The summed E-state index contributed by atoms with van der Waals surface area (Å²) in [5.74, 6) is -0.248. The van der Waals surface area contributed by atoms with Gasteiger partial charge >= 0.3 is 6.18 Å². The lowest BCUT2D eigenvalue weighted by molar-refractivity contribution is -0.157. The van der Waals surface area contributed by atoms with Crippen LogP contribution >= 0.6 is 24.0 Å². The molecule has 0 aromatic heterocycles.